The fourth-order valence-electron chi connectivity index (χ4n) is 1.66. The number of aliphatic hydroxyl groups excluding tert-OH is 1. The maximum absolute atomic E-state index is 9.31. The zero-order valence-electron chi connectivity index (χ0n) is 11.4. The third-order valence-corrected chi connectivity index (χ3v) is 2.99. The van der Waals surface area contributed by atoms with E-state index in [1.165, 1.54) is 12.8 Å². The van der Waals surface area contributed by atoms with E-state index >= 15 is 0 Å². The average Bonchev–Trinajstić information content (AvgIpc) is 2.22. The molecule has 0 aromatic rings. The molecule has 0 aromatic carbocycles. The van der Waals surface area contributed by atoms with Gasteiger partial charge in [0, 0.05) is 12.6 Å². The van der Waals surface area contributed by atoms with E-state index in [-0.39, 0.29) is 12.6 Å². The van der Waals surface area contributed by atoms with Crippen molar-refractivity contribution in [2.24, 2.45) is 17.6 Å². The van der Waals surface area contributed by atoms with Crippen LogP contribution in [0.1, 0.15) is 40.5 Å². The van der Waals surface area contributed by atoms with Gasteiger partial charge < -0.3 is 10.8 Å². The highest BCUT2D eigenvalue weighted by Crippen LogP contribution is 2.09. The van der Waals surface area contributed by atoms with E-state index in [1.807, 2.05) is 0 Å². The zero-order valence-corrected chi connectivity index (χ0v) is 11.4. The van der Waals surface area contributed by atoms with Gasteiger partial charge in [-0.25, -0.2) is 0 Å². The molecule has 1 atom stereocenters. The molecule has 3 nitrogen and oxygen atoms in total. The second kappa shape index (κ2) is 8.97. The summed E-state index contributed by atoms with van der Waals surface area (Å²) in [6, 6.07) is 0.137. The molecule has 0 aromatic heterocycles. The number of nitrogens with two attached hydrogens (primary N) is 1. The van der Waals surface area contributed by atoms with Gasteiger partial charge in [0.1, 0.15) is 0 Å². The first kappa shape index (κ1) is 15.9. The predicted octanol–water partition coefficient (Wildman–Crippen LogP) is 1.70. The highest BCUT2D eigenvalue weighted by molar-refractivity contribution is 4.72. The SMILES string of the molecule is CC(C)CCN(CCC(C)C)C(CN)CO. The molecule has 16 heavy (non-hydrogen) atoms. The largest absolute Gasteiger partial charge is 0.395 e. The van der Waals surface area contributed by atoms with E-state index in [2.05, 4.69) is 32.6 Å². The quantitative estimate of drug-likeness (QED) is 0.634. The van der Waals surface area contributed by atoms with Crippen LogP contribution in [0.5, 0.6) is 0 Å². The van der Waals surface area contributed by atoms with Crippen molar-refractivity contribution in [3.63, 3.8) is 0 Å². The van der Waals surface area contributed by atoms with E-state index in [1.54, 1.807) is 0 Å². The normalized spacial score (nSPS) is 14.1. The molecule has 0 amide bonds. The standard InChI is InChI=1S/C13H30N2O/c1-11(2)5-7-15(8-6-12(3)4)13(9-14)10-16/h11-13,16H,5-10,14H2,1-4H3. The van der Waals surface area contributed by atoms with Gasteiger partial charge in [0.2, 0.25) is 0 Å². The Kier molecular flexibility index (Phi) is 8.90. The Hall–Kier alpha value is -0.120. The summed E-state index contributed by atoms with van der Waals surface area (Å²) < 4.78 is 0. The second-order valence-corrected chi connectivity index (χ2v) is 5.47. The lowest BCUT2D eigenvalue weighted by atomic mass is 10.1. The molecule has 0 aliphatic heterocycles. The summed E-state index contributed by atoms with van der Waals surface area (Å²) >= 11 is 0. The lowest BCUT2D eigenvalue weighted by Crippen LogP contribution is -2.44. The van der Waals surface area contributed by atoms with Gasteiger partial charge in [0.15, 0.2) is 0 Å². The van der Waals surface area contributed by atoms with Gasteiger partial charge in [-0.05, 0) is 37.8 Å². The van der Waals surface area contributed by atoms with Gasteiger partial charge >= 0.3 is 0 Å². The summed E-state index contributed by atoms with van der Waals surface area (Å²) in [4.78, 5) is 2.35. The molecule has 0 aliphatic carbocycles. The maximum atomic E-state index is 9.31. The van der Waals surface area contributed by atoms with Crippen molar-refractivity contribution in [2.75, 3.05) is 26.2 Å². The molecule has 0 radical (unpaired) electrons. The van der Waals surface area contributed by atoms with Crippen LogP contribution in [-0.4, -0.2) is 42.3 Å². The van der Waals surface area contributed by atoms with Crippen molar-refractivity contribution >= 4 is 0 Å². The first-order valence-electron chi connectivity index (χ1n) is 6.56. The Bertz CT molecular complexity index is 144. The van der Waals surface area contributed by atoms with Gasteiger partial charge in [-0.2, -0.15) is 0 Å². The minimum Gasteiger partial charge on any atom is -0.395 e. The summed E-state index contributed by atoms with van der Waals surface area (Å²) in [5, 5.41) is 9.31. The third kappa shape index (κ3) is 7.20. The molecular formula is C13H30N2O. The van der Waals surface area contributed by atoms with E-state index < -0.39 is 0 Å². The summed E-state index contributed by atoms with van der Waals surface area (Å²) in [6.07, 6.45) is 2.35. The highest BCUT2D eigenvalue weighted by atomic mass is 16.3. The Labute approximate surface area is 101 Å². The van der Waals surface area contributed by atoms with Gasteiger partial charge in [0.25, 0.3) is 0 Å². The van der Waals surface area contributed by atoms with Crippen LogP contribution < -0.4 is 5.73 Å². The van der Waals surface area contributed by atoms with Crippen molar-refractivity contribution in [3.05, 3.63) is 0 Å². The molecule has 0 saturated heterocycles. The van der Waals surface area contributed by atoms with Crippen LogP contribution in [0.25, 0.3) is 0 Å². The molecule has 0 fully saturated rings. The van der Waals surface area contributed by atoms with Crippen LogP contribution in [0.15, 0.2) is 0 Å². The Morgan fingerprint density at radius 2 is 1.44 bits per heavy atom. The van der Waals surface area contributed by atoms with Crippen molar-refractivity contribution in [2.45, 2.75) is 46.6 Å². The van der Waals surface area contributed by atoms with E-state index in [9.17, 15) is 5.11 Å². The molecule has 3 heteroatoms. The van der Waals surface area contributed by atoms with Gasteiger partial charge in [-0.3, -0.25) is 4.90 Å². The van der Waals surface area contributed by atoms with Gasteiger partial charge in [-0.1, -0.05) is 27.7 Å². The lowest BCUT2D eigenvalue weighted by Gasteiger charge is -2.30. The van der Waals surface area contributed by atoms with Crippen LogP contribution in [-0.2, 0) is 0 Å². The average molecular weight is 230 g/mol. The summed E-state index contributed by atoms with van der Waals surface area (Å²) in [6.45, 7) is 11.8. The second-order valence-electron chi connectivity index (χ2n) is 5.47. The zero-order chi connectivity index (χ0) is 12.6. The summed E-state index contributed by atoms with van der Waals surface area (Å²) in [5.41, 5.74) is 5.70. The molecule has 0 heterocycles. The number of rotatable bonds is 9. The van der Waals surface area contributed by atoms with E-state index in [4.69, 9.17) is 5.73 Å². The molecular weight excluding hydrogens is 200 g/mol. The molecule has 98 valence electrons. The molecule has 3 N–H and O–H groups in total. The number of nitrogens with zero attached hydrogens (tertiary/aromatic N) is 1. The highest BCUT2D eigenvalue weighted by Gasteiger charge is 2.16. The third-order valence-electron chi connectivity index (χ3n) is 2.99. The fraction of sp³-hybridized carbons (Fsp3) is 1.00. The molecule has 0 saturated carbocycles. The molecule has 0 aliphatic rings. The van der Waals surface area contributed by atoms with Gasteiger partial charge in [0.05, 0.1) is 6.61 Å². The van der Waals surface area contributed by atoms with E-state index in [0.29, 0.717) is 18.4 Å². The number of aliphatic hydroxyl groups is 1. The van der Waals surface area contributed by atoms with Crippen LogP contribution >= 0.6 is 0 Å². The van der Waals surface area contributed by atoms with Crippen molar-refractivity contribution < 1.29 is 5.11 Å². The summed E-state index contributed by atoms with van der Waals surface area (Å²) in [5.74, 6) is 1.41. The Morgan fingerprint density at radius 3 is 1.69 bits per heavy atom. The number of hydrogen-bond acceptors (Lipinski definition) is 3. The van der Waals surface area contributed by atoms with Crippen molar-refractivity contribution in [1.82, 2.24) is 4.90 Å². The fourth-order valence-corrected chi connectivity index (χ4v) is 1.66. The monoisotopic (exact) mass is 230 g/mol. The molecule has 0 rings (SSSR count). The van der Waals surface area contributed by atoms with Crippen LogP contribution in [0, 0.1) is 11.8 Å². The summed E-state index contributed by atoms with van der Waals surface area (Å²) in [7, 11) is 0. The Morgan fingerprint density at radius 1 is 1.00 bits per heavy atom. The first-order valence-corrected chi connectivity index (χ1v) is 6.56. The predicted molar refractivity (Wildman–Crippen MR) is 70.4 cm³/mol. The lowest BCUT2D eigenvalue weighted by molar-refractivity contribution is 0.117. The molecule has 0 bridgehead atoms. The van der Waals surface area contributed by atoms with Crippen LogP contribution in [0.3, 0.4) is 0 Å². The first-order chi connectivity index (χ1) is 7.51. The van der Waals surface area contributed by atoms with Gasteiger partial charge in [-0.15, -0.1) is 0 Å². The van der Waals surface area contributed by atoms with Crippen molar-refractivity contribution in [3.8, 4) is 0 Å². The minimum atomic E-state index is 0.137. The van der Waals surface area contributed by atoms with Crippen molar-refractivity contribution in [1.29, 1.82) is 0 Å². The van der Waals surface area contributed by atoms with Crippen LogP contribution in [0.2, 0.25) is 0 Å². The van der Waals surface area contributed by atoms with Crippen LogP contribution in [0.4, 0.5) is 0 Å². The van der Waals surface area contributed by atoms with E-state index in [0.717, 1.165) is 13.1 Å². The topological polar surface area (TPSA) is 49.5 Å². The Balaban J connectivity index is 4.13. The molecule has 0 spiro atoms. The number of hydrogen-bond donors (Lipinski definition) is 2. The minimum absolute atomic E-state index is 0.137. The molecule has 1 unspecified atom stereocenters. The smallest absolute Gasteiger partial charge is 0.0599 e. The maximum Gasteiger partial charge on any atom is 0.0599 e.